The fourth-order valence-corrected chi connectivity index (χ4v) is 4.04. The summed E-state index contributed by atoms with van der Waals surface area (Å²) < 4.78 is 49.4. The molecule has 2 saturated heterocycles. The van der Waals surface area contributed by atoms with Gasteiger partial charge in [-0.2, -0.15) is 13.2 Å². The van der Waals surface area contributed by atoms with Crippen molar-refractivity contribution in [2.75, 3.05) is 19.7 Å². The van der Waals surface area contributed by atoms with E-state index in [1.54, 1.807) is 0 Å². The number of amides is 1. The van der Waals surface area contributed by atoms with E-state index in [4.69, 9.17) is 23.8 Å². The first-order chi connectivity index (χ1) is 15.9. The van der Waals surface area contributed by atoms with Gasteiger partial charge in [-0.15, -0.1) is 0 Å². The molecule has 2 aromatic heterocycles. The molecule has 4 rings (SSSR count). The molecule has 2 aliphatic rings. The zero-order chi connectivity index (χ0) is 25.1. The fourth-order valence-electron chi connectivity index (χ4n) is 4.04. The number of hydrogen-bond donors (Lipinski definition) is 1. The van der Waals surface area contributed by atoms with Crippen LogP contribution in [-0.4, -0.2) is 64.4 Å². The van der Waals surface area contributed by atoms with Crippen LogP contribution in [-0.2, 0) is 20.9 Å². The topological polar surface area (TPSA) is 102 Å². The molecule has 11 heteroatoms. The van der Waals surface area contributed by atoms with Gasteiger partial charge in [0.15, 0.2) is 0 Å². The average Bonchev–Trinajstić information content (AvgIpc) is 3.08. The van der Waals surface area contributed by atoms with Crippen LogP contribution in [0.5, 0.6) is 0 Å². The predicted octanol–water partition coefficient (Wildman–Crippen LogP) is 3.82. The number of pyridine rings is 1. The van der Waals surface area contributed by atoms with Gasteiger partial charge in [0.05, 0.1) is 37.1 Å². The summed E-state index contributed by atoms with van der Waals surface area (Å²) in [6.07, 6.45) is -3.26. The second kappa shape index (κ2) is 10.1. The molecule has 0 radical (unpaired) electrons. The van der Waals surface area contributed by atoms with E-state index >= 15 is 0 Å². The summed E-state index contributed by atoms with van der Waals surface area (Å²) in [4.78, 5) is 27.9. The van der Waals surface area contributed by atoms with Crippen LogP contribution in [0.3, 0.4) is 0 Å². The maximum absolute atomic E-state index is 12.7. The van der Waals surface area contributed by atoms with Crippen LogP contribution in [0.1, 0.15) is 46.1 Å². The third kappa shape index (κ3) is 6.35. The molecule has 34 heavy (non-hydrogen) atoms. The van der Waals surface area contributed by atoms with Gasteiger partial charge < -0.3 is 23.9 Å². The second-order valence-electron chi connectivity index (χ2n) is 8.52. The fraction of sp³-hybridized carbons (Fsp3) is 0.522. The van der Waals surface area contributed by atoms with E-state index in [-0.39, 0.29) is 17.6 Å². The number of aliphatic carboxylic acids is 1. The van der Waals surface area contributed by atoms with Gasteiger partial charge in [0.1, 0.15) is 17.1 Å². The number of carbonyl (C=O) groups excluding carboxylic acids is 1. The van der Waals surface area contributed by atoms with Crippen LogP contribution < -0.4 is 0 Å². The lowest BCUT2D eigenvalue weighted by Gasteiger charge is -2.52. The summed E-state index contributed by atoms with van der Waals surface area (Å²) in [7, 11) is 0. The molecule has 0 saturated carbocycles. The summed E-state index contributed by atoms with van der Waals surface area (Å²) in [6, 6.07) is 7.78. The number of aryl methyl sites for hydroxylation is 3. The summed E-state index contributed by atoms with van der Waals surface area (Å²) in [5.41, 5.74) is 2.33. The second-order valence-corrected chi connectivity index (χ2v) is 8.52. The highest BCUT2D eigenvalue weighted by atomic mass is 19.4. The Morgan fingerprint density at radius 2 is 1.94 bits per heavy atom. The van der Waals surface area contributed by atoms with Crippen LogP contribution in [0, 0.1) is 20.8 Å². The van der Waals surface area contributed by atoms with Crippen LogP contribution in [0.25, 0.3) is 0 Å². The van der Waals surface area contributed by atoms with Crippen molar-refractivity contribution in [3.8, 4) is 0 Å². The van der Waals surface area contributed by atoms with Gasteiger partial charge >= 0.3 is 12.1 Å². The Kier molecular flexibility index (Phi) is 7.67. The number of alkyl halides is 3. The standard InChI is InChI=1S/C21H26N2O4.C2HF3O2/c1-14-5-4-6-17(22-14)11-25-18-7-8-26-21(10-18)12-23(13-21)20(24)19-9-15(2)27-16(19)3;3-2(4,5)1(6)7/h4-6,9,18H,7-8,10-13H2,1-3H3;(H,6,7). The number of carbonyl (C=O) groups is 2. The molecule has 2 aromatic rings. The summed E-state index contributed by atoms with van der Waals surface area (Å²) in [6.45, 7) is 8.06. The Morgan fingerprint density at radius 3 is 2.50 bits per heavy atom. The van der Waals surface area contributed by atoms with E-state index in [1.807, 2.05) is 49.9 Å². The highest BCUT2D eigenvalue weighted by molar-refractivity contribution is 5.96. The molecule has 186 valence electrons. The molecular weight excluding hydrogens is 457 g/mol. The minimum absolute atomic E-state index is 0.0191. The molecule has 0 aromatic carbocycles. The summed E-state index contributed by atoms with van der Waals surface area (Å²) in [5.74, 6) is -1.30. The zero-order valence-corrected chi connectivity index (χ0v) is 19.1. The number of halogens is 3. The van der Waals surface area contributed by atoms with Crippen molar-refractivity contribution < 1.29 is 41.8 Å². The van der Waals surface area contributed by atoms with Crippen molar-refractivity contribution in [2.45, 2.75) is 58.1 Å². The third-order valence-electron chi connectivity index (χ3n) is 5.62. The molecule has 1 atom stereocenters. The smallest absolute Gasteiger partial charge is 0.475 e. The molecular formula is C23H27F3N2O6. The molecule has 4 heterocycles. The van der Waals surface area contributed by atoms with Gasteiger partial charge in [-0.1, -0.05) is 6.07 Å². The van der Waals surface area contributed by atoms with Crippen molar-refractivity contribution in [3.05, 3.63) is 52.7 Å². The van der Waals surface area contributed by atoms with Crippen LogP contribution in [0.2, 0.25) is 0 Å². The van der Waals surface area contributed by atoms with Crippen molar-refractivity contribution >= 4 is 11.9 Å². The highest BCUT2D eigenvalue weighted by Crippen LogP contribution is 2.36. The number of hydrogen-bond acceptors (Lipinski definition) is 6. The number of carboxylic acids is 1. The first-order valence-corrected chi connectivity index (χ1v) is 10.7. The van der Waals surface area contributed by atoms with Gasteiger partial charge in [0.25, 0.3) is 5.91 Å². The minimum Gasteiger partial charge on any atom is -0.475 e. The first-order valence-electron chi connectivity index (χ1n) is 10.7. The summed E-state index contributed by atoms with van der Waals surface area (Å²) in [5, 5.41) is 7.12. The Balaban J connectivity index is 0.000000406. The molecule has 1 unspecified atom stereocenters. The molecule has 2 fully saturated rings. The SMILES string of the molecule is Cc1cccc(COC2CCOC3(C2)CN(C(=O)c2cc(C)oc2C)C3)n1.O=C(O)C(F)(F)F. The number of rotatable bonds is 4. The van der Waals surface area contributed by atoms with Gasteiger partial charge in [-0.3, -0.25) is 9.78 Å². The Labute approximate surface area is 194 Å². The van der Waals surface area contributed by atoms with Crippen molar-refractivity contribution in [1.29, 1.82) is 0 Å². The lowest BCUT2D eigenvalue weighted by molar-refractivity contribution is -0.192. The van der Waals surface area contributed by atoms with E-state index in [0.29, 0.717) is 37.6 Å². The van der Waals surface area contributed by atoms with Crippen molar-refractivity contribution in [2.24, 2.45) is 0 Å². The van der Waals surface area contributed by atoms with Gasteiger partial charge in [-0.25, -0.2) is 4.79 Å². The van der Waals surface area contributed by atoms with E-state index in [2.05, 4.69) is 4.98 Å². The van der Waals surface area contributed by atoms with Crippen molar-refractivity contribution in [3.63, 3.8) is 0 Å². The molecule has 0 aliphatic carbocycles. The molecule has 8 nitrogen and oxygen atoms in total. The van der Waals surface area contributed by atoms with Crippen LogP contribution in [0.15, 0.2) is 28.7 Å². The molecule has 0 bridgehead atoms. The maximum Gasteiger partial charge on any atom is 0.490 e. The number of ether oxygens (including phenoxy) is 2. The first kappa shape index (κ1) is 25.7. The van der Waals surface area contributed by atoms with Gasteiger partial charge in [0, 0.05) is 18.7 Å². The van der Waals surface area contributed by atoms with E-state index in [0.717, 1.165) is 30.0 Å². The van der Waals surface area contributed by atoms with Gasteiger partial charge in [-0.05, 0) is 45.4 Å². The number of aromatic nitrogens is 1. The molecule has 1 amide bonds. The highest BCUT2D eigenvalue weighted by Gasteiger charge is 2.50. The monoisotopic (exact) mass is 484 g/mol. The van der Waals surface area contributed by atoms with Gasteiger partial charge in [0.2, 0.25) is 0 Å². The van der Waals surface area contributed by atoms with Crippen LogP contribution >= 0.6 is 0 Å². The zero-order valence-electron chi connectivity index (χ0n) is 19.1. The number of furan rings is 1. The normalized spacial score (nSPS) is 19.2. The molecule has 1 N–H and O–H groups in total. The third-order valence-corrected chi connectivity index (χ3v) is 5.62. The molecule has 2 aliphatic heterocycles. The van der Waals surface area contributed by atoms with E-state index in [1.165, 1.54) is 0 Å². The van der Waals surface area contributed by atoms with E-state index in [9.17, 15) is 18.0 Å². The average molecular weight is 484 g/mol. The number of likely N-dealkylation sites (tertiary alicyclic amines) is 1. The minimum atomic E-state index is -5.08. The predicted molar refractivity (Wildman–Crippen MR) is 113 cm³/mol. The number of nitrogens with zero attached hydrogens (tertiary/aromatic N) is 2. The quantitative estimate of drug-likeness (QED) is 0.704. The Morgan fingerprint density at radius 1 is 1.26 bits per heavy atom. The van der Waals surface area contributed by atoms with Crippen molar-refractivity contribution in [1.82, 2.24) is 9.88 Å². The van der Waals surface area contributed by atoms with E-state index < -0.39 is 12.1 Å². The molecule has 1 spiro atoms. The summed E-state index contributed by atoms with van der Waals surface area (Å²) >= 11 is 0. The lowest BCUT2D eigenvalue weighted by Crippen LogP contribution is -2.67. The largest absolute Gasteiger partial charge is 0.490 e. The Bertz CT molecular complexity index is 1030. The number of carboxylic acid groups (broad SMARTS) is 1. The van der Waals surface area contributed by atoms with Crippen LogP contribution in [0.4, 0.5) is 13.2 Å². The Hall–Kier alpha value is -2.92. The lowest BCUT2D eigenvalue weighted by atomic mass is 9.84. The maximum atomic E-state index is 12.7.